The summed E-state index contributed by atoms with van der Waals surface area (Å²) in [5, 5.41) is 4.61. The minimum Gasteiger partial charge on any atom is -0.294 e. The van der Waals surface area contributed by atoms with E-state index in [9.17, 15) is 4.79 Å². The van der Waals surface area contributed by atoms with E-state index in [1.165, 1.54) is 0 Å². The van der Waals surface area contributed by atoms with Crippen LogP contribution in [0.5, 0.6) is 0 Å². The minimum atomic E-state index is 0.0238. The lowest BCUT2D eigenvalue weighted by Crippen LogP contribution is -2.42. The van der Waals surface area contributed by atoms with Gasteiger partial charge in [0.15, 0.2) is 0 Å². The fourth-order valence-electron chi connectivity index (χ4n) is 2.13. The van der Waals surface area contributed by atoms with Gasteiger partial charge in [0, 0.05) is 23.9 Å². The lowest BCUT2D eigenvalue weighted by Gasteiger charge is -2.30. The molecule has 0 saturated carbocycles. The van der Waals surface area contributed by atoms with E-state index in [2.05, 4.69) is 31.9 Å². The van der Waals surface area contributed by atoms with Gasteiger partial charge in [-0.05, 0) is 13.8 Å². The van der Waals surface area contributed by atoms with Crippen molar-refractivity contribution in [1.82, 2.24) is 9.78 Å². The van der Waals surface area contributed by atoms with Crippen molar-refractivity contribution in [3.8, 4) is 0 Å². The van der Waals surface area contributed by atoms with Crippen molar-refractivity contribution in [3.05, 3.63) is 11.8 Å². The fourth-order valence-corrected chi connectivity index (χ4v) is 2.13. The van der Waals surface area contributed by atoms with Crippen LogP contribution in [-0.4, -0.2) is 21.7 Å². The van der Waals surface area contributed by atoms with E-state index in [1.807, 2.05) is 23.4 Å². The monoisotopic (exact) mass is 235 g/mol. The van der Waals surface area contributed by atoms with Crippen LogP contribution < -0.4 is 4.90 Å². The molecule has 1 aliphatic heterocycles. The molecule has 0 fully saturated rings. The molecule has 2 heterocycles. The predicted molar refractivity (Wildman–Crippen MR) is 68.2 cm³/mol. The highest BCUT2D eigenvalue weighted by Gasteiger charge is 2.30. The molecule has 1 aliphatic rings. The number of anilines is 1. The summed E-state index contributed by atoms with van der Waals surface area (Å²) in [6.07, 6.45) is 0.552. The van der Waals surface area contributed by atoms with Crippen LogP contribution in [0.2, 0.25) is 0 Å². The molecule has 4 heteroatoms. The summed E-state index contributed by atoms with van der Waals surface area (Å²) in [6, 6.07) is 2.24. The van der Waals surface area contributed by atoms with E-state index in [0.717, 1.165) is 11.5 Å². The third kappa shape index (κ3) is 2.08. The molecular weight excluding hydrogens is 214 g/mol. The van der Waals surface area contributed by atoms with E-state index in [0.29, 0.717) is 13.0 Å². The van der Waals surface area contributed by atoms with E-state index >= 15 is 0 Å². The Morgan fingerprint density at radius 3 is 2.53 bits per heavy atom. The summed E-state index contributed by atoms with van der Waals surface area (Å²) in [5.74, 6) is 1.15. The first-order valence-electron chi connectivity index (χ1n) is 6.21. The Labute approximate surface area is 103 Å². The maximum Gasteiger partial charge on any atom is 0.230 e. The number of fused-ring (bicyclic) bond motifs is 1. The maximum absolute atomic E-state index is 11.9. The van der Waals surface area contributed by atoms with Gasteiger partial charge in [0.25, 0.3) is 0 Å². The maximum atomic E-state index is 11.9. The number of rotatable bonds is 1. The Hall–Kier alpha value is -1.32. The zero-order chi connectivity index (χ0) is 12.8. The number of hydrogen-bond acceptors (Lipinski definition) is 2. The average Bonchev–Trinajstić information content (AvgIpc) is 2.59. The second-order valence-electron chi connectivity index (χ2n) is 5.97. The molecule has 1 amide bonds. The molecule has 0 saturated heterocycles. The topological polar surface area (TPSA) is 38.1 Å². The van der Waals surface area contributed by atoms with Crippen molar-refractivity contribution in [2.24, 2.45) is 0 Å². The van der Waals surface area contributed by atoms with Crippen LogP contribution in [0.15, 0.2) is 6.07 Å². The van der Waals surface area contributed by atoms with Gasteiger partial charge in [-0.3, -0.25) is 9.69 Å². The van der Waals surface area contributed by atoms with Crippen molar-refractivity contribution in [2.45, 2.75) is 59.0 Å². The molecule has 1 aromatic heterocycles. The van der Waals surface area contributed by atoms with Gasteiger partial charge in [-0.25, -0.2) is 4.68 Å². The van der Waals surface area contributed by atoms with Gasteiger partial charge >= 0.3 is 0 Å². The Kier molecular flexibility index (Phi) is 2.76. The molecule has 0 spiro atoms. The second kappa shape index (κ2) is 3.86. The van der Waals surface area contributed by atoms with Crippen LogP contribution in [-0.2, 0) is 16.8 Å². The zero-order valence-corrected chi connectivity index (χ0v) is 11.3. The SMILES string of the molecule is CC(C)N1C(=O)CCn2nc(C(C)(C)C)cc21. The van der Waals surface area contributed by atoms with E-state index < -0.39 is 0 Å². The minimum absolute atomic E-state index is 0.0238. The summed E-state index contributed by atoms with van der Waals surface area (Å²) < 4.78 is 1.96. The second-order valence-corrected chi connectivity index (χ2v) is 5.97. The molecule has 2 rings (SSSR count). The first kappa shape index (κ1) is 12.1. The van der Waals surface area contributed by atoms with Crippen LogP contribution in [0.3, 0.4) is 0 Å². The van der Waals surface area contributed by atoms with Gasteiger partial charge in [0.1, 0.15) is 5.82 Å². The highest BCUT2D eigenvalue weighted by molar-refractivity contribution is 5.94. The molecule has 4 nitrogen and oxygen atoms in total. The fraction of sp³-hybridized carbons (Fsp3) is 0.692. The van der Waals surface area contributed by atoms with Gasteiger partial charge in [0.05, 0.1) is 12.2 Å². The van der Waals surface area contributed by atoms with Crippen LogP contribution in [0.4, 0.5) is 5.82 Å². The van der Waals surface area contributed by atoms with Gasteiger partial charge in [0.2, 0.25) is 5.91 Å². The molecule has 94 valence electrons. The Balaban J connectivity index is 2.46. The van der Waals surface area contributed by atoms with Crippen LogP contribution in [0, 0.1) is 0 Å². The van der Waals surface area contributed by atoms with Crippen molar-refractivity contribution in [1.29, 1.82) is 0 Å². The molecule has 0 radical (unpaired) electrons. The molecule has 0 N–H and O–H groups in total. The molecular formula is C13H21N3O. The van der Waals surface area contributed by atoms with Crippen molar-refractivity contribution >= 4 is 11.7 Å². The highest BCUT2D eigenvalue weighted by atomic mass is 16.2. The number of amides is 1. The number of carbonyl (C=O) groups is 1. The van der Waals surface area contributed by atoms with Gasteiger partial charge in [-0.15, -0.1) is 0 Å². The number of aromatic nitrogens is 2. The highest BCUT2D eigenvalue weighted by Crippen LogP contribution is 2.29. The van der Waals surface area contributed by atoms with Crippen molar-refractivity contribution in [3.63, 3.8) is 0 Å². The van der Waals surface area contributed by atoms with Gasteiger partial charge in [-0.1, -0.05) is 20.8 Å². The number of aryl methyl sites for hydroxylation is 1. The molecule has 17 heavy (non-hydrogen) atoms. The summed E-state index contributed by atoms with van der Waals surface area (Å²) in [6.45, 7) is 11.2. The summed E-state index contributed by atoms with van der Waals surface area (Å²) >= 11 is 0. The summed E-state index contributed by atoms with van der Waals surface area (Å²) in [5.41, 5.74) is 1.07. The molecule has 0 aromatic carbocycles. The molecule has 1 aromatic rings. The third-order valence-corrected chi connectivity index (χ3v) is 3.10. The van der Waals surface area contributed by atoms with Crippen LogP contribution in [0.25, 0.3) is 0 Å². The molecule has 0 atom stereocenters. The van der Waals surface area contributed by atoms with E-state index in [-0.39, 0.29) is 17.4 Å². The Morgan fingerprint density at radius 2 is 2.00 bits per heavy atom. The normalized spacial score (nSPS) is 16.6. The molecule has 0 bridgehead atoms. The van der Waals surface area contributed by atoms with E-state index in [1.54, 1.807) is 0 Å². The first-order valence-corrected chi connectivity index (χ1v) is 6.21. The average molecular weight is 235 g/mol. The first-order chi connectivity index (χ1) is 7.80. The van der Waals surface area contributed by atoms with Crippen molar-refractivity contribution in [2.75, 3.05) is 4.90 Å². The lowest BCUT2D eigenvalue weighted by molar-refractivity contribution is -0.119. The van der Waals surface area contributed by atoms with Gasteiger partial charge in [-0.2, -0.15) is 5.10 Å². The summed E-state index contributed by atoms with van der Waals surface area (Å²) in [4.78, 5) is 13.8. The lowest BCUT2D eigenvalue weighted by atomic mass is 9.92. The largest absolute Gasteiger partial charge is 0.294 e. The van der Waals surface area contributed by atoms with E-state index in [4.69, 9.17) is 0 Å². The van der Waals surface area contributed by atoms with Gasteiger partial charge < -0.3 is 0 Å². The quantitative estimate of drug-likeness (QED) is 0.749. The Bertz CT molecular complexity index is 440. The number of carbonyl (C=O) groups excluding carboxylic acids is 1. The molecule has 0 unspecified atom stereocenters. The Morgan fingerprint density at radius 1 is 1.35 bits per heavy atom. The zero-order valence-electron chi connectivity index (χ0n) is 11.3. The smallest absolute Gasteiger partial charge is 0.230 e. The molecule has 0 aliphatic carbocycles. The standard InChI is InChI=1S/C13H21N3O/c1-9(2)16-11-8-10(13(3,4)5)14-15(11)7-6-12(16)17/h8-9H,6-7H2,1-5H3. The van der Waals surface area contributed by atoms with Crippen molar-refractivity contribution < 1.29 is 4.79 Å². The number of hydrogen-bond donors (Lipinski definition) is 0. The third-order valence-electron chi connectivity index (χ3n) is 3.10. The van der Waals surface area contributed by atoms with Crippen LogP contribution >= 0.6 is 0 Å². The number of nitrogens with zero attached hydrogens (tertiary/aromatic N) is 3. The predicted octanol–water partition coefficient (Wildman–Crippen LogP) is 2.33. The summed E-state index contributed by atoms with van der Waals surface area (Å²) in [7, 11) is 0. The van der Waals surface area contributed by atoms with Crippen LogP contribution in [0.1, 0.15) is 46.7 Å².